The predicted octanol–water partition coefficient (Wildman–Crippen LogP) is 5.02. The maximum atomic E-state index is 6.19. The van der Waals surface area contributed by atoms with E-state index in [4.69, 9.17) is 16.3 Å². The molecular weight excluding hydrogens is 452 g/mol. The molecule has 0 bridgehead atoms. The van der Waals surface area contributed by atoms with Crippen molar-refractivity contribution in [1.82, 2.24) is 5.32 Å². The van der Waals surface area contributed by atoms with E-state index in [-0.39, 0.29) is 6.04 Å². The van der Waals surface area contributed by atoms with Gasteiger partial charge in [0.2, 0.25) is 0 Å². The van der Waals surface area contributed by atoms with Crippen molar-refractivity contribution >= 4 is 50.1 Å². The Morgan fingerprint density at radius 1 is 1.25 bits per heavy atom. The third-order valence-electron chi connectivity index (χ3n) is 3.06. The molecule has 0 aromatic heterocycles. The maximum Gasteiger partial charge on any atom is 0.138 e. The zero-order valence-electron chi connectivity index (χ0n) is 11.1. The number of methoxy groups -OCH3 is 1. The van der Waals surface area contributed by atoms with E-state index < -0.39 is 0 Å². The molecule has 0 heterocycles. The minimum atomic E-state index is 0.0213. The molecule has 0 spiro atoms. The van der Waals surface area contributed by atoms with E-state index in [1.807, 2.05) is 31.3 Å². The summed E-state index contributed by atoms with van der Waals surface area (Å²) in [7, 11) is 3.60. The van der Waals surface area contributed by atoms with Crippen LogP contribution in [-0.2, 0) is 0 Å². The molecule has 0 aliphatic heterocycles. The molecule has 2 aromatic rings. The van der Waals surface area contributed by atoms with Crippen LogP contribution >= 0.6 is 50.1 Å². The Bertz CT molecular complexity index is 621. The van der Waals surface area contributed by atoms with Crippen LogP contribution in [0.1, 0.15) is 17.2 Å². The van der Waals surface area contributed by atoms with Gasteiger partial charge in [0, 0.05) is 14.2 Å². The van der Waals surface area contributed by atoms with Crippen molar-refractivity contribution in [2.45, 2.75) is 6.04 Å². The number of halogens is 3. The monoisotopic (exact) mass is 465 g/mol. The van der Waals surface area contributed by atoms with Gasteiger partial charge in [0.25, 0.3) is 0 Å². The van der Waals surface area contributed by atoms with E-state index in [2.05, 4.69) is 56.0 Å². The zero-order valence-corrected chi connectivity index (χ0v) is 15.6. The van der Waals surface area contributed by atoms with Crippen LogP contribution in [0.25, 0.3) is 0 Å². The molecule has 2 rings (SSSR count). The molecular formula is C15H14BrClINO. The lowest BCUT2D eigenvalue weighted by molar-refractivity contribution is 0.402. The standard InChI is InChI=1S/C15H14BrClINO/c1-19-14(10-5-3-4-6-13(10)18)11-7-9(17)8-12(16)15(11)20-2/h3-8,14,19H,1-2H3. The van der Waals surface area contributed by atoms with Gasteiger partial charge in [-0.1, -0.05) is 29.8 Å². The average Bonchev–Trinajstić information content (AvgIpc) is 2.41. The fraction of sp³-hybridized carbons (Fsp3) is 0.200. The van der Waals surface area contributed by atoms with Crippen molar-refractivity contribution in [3.63, 3.8) is 0 Å². The first kappa shape index (κ1) is 16.1. The summed E-state index contributed by atoms with van der Waals surface area (Å²) < 4.78 is 7.58. The SMILES string of the molecule is CNC(c1ccccc1I)c1cc(Cl)cc(Br)c1OC. The molecule has 1 unspecified atom stereocenters. The molecule has 1 N–H and O–H groups in total. The van der Waals surface area contributed by atoms with Crippen molar-refractivity contribution in [2.75, 3.05) is 14.2 Å². The molecule has 20 heavy (non-hydrogen) atoms. The lowest BCUT2D eigenvalue weighted by Crippen LogP contribution is -2.19. The summed E-state index contributed by atoms with van der Waals surface area (Å²) in [6, 6.07) is 12.1. The number of rotatable bonds is 4. The quantitative estimate of drug-likeness (QED) is 0.639. The summed E-state index contributed by atoms with van der Waals surface area (Å²) in [4.78, 5) is 0. The molecule has 1 atom stereocenters. The van der Waals surface area contributed by atoms with Crippen LogP contribution in [0.3, 0.4) is 0 Å². The first-order chi connectivity index (χ1) is 9.58. The van der Waals surface area contributed by atoms with Gasteiger partial charge in [-0.3, -0.25) is 0 Å². The van der Waals surface area contributed by atoms with Gasteiger partial charge < -0.3 is 10.1 Å². The van der Waals surface area contributed by atoms with Gasteiger partial charge in [-0.25, -0.2) is 0 Å². The fourth-order valence-electron chi connectivity index (χ4n) is 2.20. The number of hydrogen-bond donors (Lipinski definition) is 1. The molecule has 2 aromatic carbocycles. The van der Waals surface area contributed by atoms with E-state index in [1.165, 1.54) is 9.13 Å². The van der Waals surface area contributed by atoms with Crippen molar-refractivity contribution in [1.29, 1.82) is 0 Å². The summed E-state index contributed by atoms with van der Waals surface area (Å²) >= 11 is 12.0. The van der Waals surface area contributed by atoms with Gasteiger partial charge in [-0.15, -0.1) is 0 Å². The van der Waals surface area contributed by atoms with Gasteiger partial charge in [-0.2, -0.15) is 0 Å². The zero-order chi connectivity index (χ0) is 14.7. The van der Waals surface area contributed by atoms with Crippen LogP contribution in [0.2, 0.25) is 5.02 Å². The number of hydrogen-bond acceptors (Lipinski definition) is 2. The van der Waals surface area contributed by atoms with Crippen molar-refractivity contribution < 1.29 is 4.74 Å². The molecule has 0 aliphatic rings. The topological polar surface area (TPSA) is 21.3 Å². The van der Waals surface area contributed by atoms with Gasteiger partial charge >= 0.3 is 0 Å². The van der Waals surface area contributed by atoms with Crippen molar-refractivity contribution in [3.05, 3.63) is 60.6 Å². The van der Waals surface area contributed by atoms with E-state index in [0.29, 0.717) is 5.02 Å². The normalized spacial score (nSPS) is 12.2. The summed E-state index contributed by atoms with van der Waals surface area (Å²) in [6.45, 7) is 0. The van der Waals surface area contributed by atoms with Crippen molar-refractivity contribution in [2.24, 2.45) is 0 Å². The Morgan fingerprint density at radius 3 is 2.55 bits per heavy atom. The Hall–Kier alpha value is -0.300. The average molecular weight is 467 g/mol. The van der Waals surface area contributed by atoms with Crippen molar-refractivity contribution in [3.8, 4) is 5.75 Å². The summed E-state index contributed by atoms with van der Waals surface area (Å²) in [5, 5.41) is 4.02. The van der Waals surface area contributed by atoms with Crippen LogP contribution in [-0.4, -0.2) is 14.2 Å². The Labute approximate surface area is 146 Å². The van der Waals surface area contributed by atoms with E-state index in [0.717, 1.165) is 15.8 Å². The lowest BCUT2D eigenvalue weighted by atomic mass is 9.98. The highest BCUT2D eigenvalue weighted by Crippen LogP contribution is 2.39. The second-order valence-corrected chi connectivity index (χ2v) is 6.71. The highest BCUT2D eigenvalue weighted by molar-refractivity contribution is 14.1. The molecule has 0 saturated heterocycles. The molecule has 106 valence electrons. The van der Waals surface area contributed by atoms with E-state index >= 15 is 0 Å². The van der Waals surface area contributed by atoms with Gasteiger partial charge in [-0.05, 0) is 69.3 Å². The predicted molar refractivity (Wildman–Crippen MR) is 95.8 cm³/mol. The minimum Gasteiger partial charge on any atom is -0.495 e. The van der Waals surface area contributed by atoms with Crippen LogP contribution in [0.15, 0.2) is 40.9 Å². The molecule has 0 aliphatic carbocycles. The molecule has 0 radical (unpaired) electrons. The van der Waals surface area contributed by atoms with Gasteiger partial charge in [0.1, 0.15) is 5.75 Å². The first-order valence-electron chi connectivity index (χ1n) is 6.03. The maximum absolute atomic E-state index is 6.19. The van der Waals surface area contributed by atoms with Crippen LogP contribution in [0.5, 0.6) is 5.75 Å². The van der Waals surface area contributed by atoms with Crippen LogP contribution in [0, 0.1) is 3.57 Å². The summed E-state index contributed by atoms with van der Waals surface area (Å²) in [5.74, 6) is 0.799. The summed E-state index contributed by atoms with van der Waals surface area (Å²) in [6.07, 6.45) is 0. The highest BCUT2D eigenvalue weighted by Gasteiger charge is 2.21. The second-order valence-electron chi connectivity index (χ2n) is 4.25. The number of benzene rings is 2. The third-order valence-corrected chi connectivity index (χ3v) is 4.85. The largest absolute Gasteiger partial charge is 0.495 e. The van der Waals surface area contributed by atoms with E-state index in [1.54, 1.807) is 7.11 Å². The lowest BCUT2D eigenvalue weighted by Gasteiger charge is -2.22. The molecule has 5 heteroatoms. The summed E-state index contributed by atoms with van der Waals surface area (Å²) in [5.41, 5.74) is 2.21. The van der Waals surface area contributed by atoms with Crippen LogP contribution in [0.4, 0.5) is 0 Å². The molecule has 0 amide bonds. The second kappa shape index (κ2) is 7.11. The molecule has 0 saturated carbocycles. The van der Waals surface area contributed by atoms with E-state index in [9.17, 15) is 0 Å². The smallest absolute Gasteiger partial charge is 0.138 e. The number of nitrogens with one attached hydrogen (secondary N) is 1. The molecule has 2 nitrogen and oxygen atoms in total. The number of ether oxygens (including phenoxy) is 1. The van der Waals surface area contributed by atoms with Crippen LogP contribution < -0.4 is 10.1 Å². The van der Waals surface area contributed by atoms with Gasteiger partial charge in [0.15, 0.2) is 0 Å². The first-order valence-corrected chi connectivity index (χ1v) is 8.28. The highest BCUT2D eigenvalue weighted by atomic mass is 127. The van der Waals surface area contributed by atoms with Gasteiger partial charge in [0.05, 0.1) is 17.6 Å². The minimum absolute atomic E-state index is 0.0213. The molecule has 0 fully saturated rings. The third kappa shape index (κ3) is 3.30. The Kier molecular flexibility index (Phi) is 5.72. The Morgan fingerprint density at radius 2 is 1.95 bits per heavy atom. The fourth-order valence-corrected chi connectivity index (χ4v) is 3.89. The Balaban J connectivity index is 2.61.